The number of halogens is 1. The summed E-state index contributed by atoms with van der Waals surface area (Å²) >= 11 is 7.50. The molecule has 2 aromatic rings. The molecule has 0 fully saturated rings. The first kappa shape index (κ1) is 21.3. The second-order valence-electron chi connectivity index (χ2n) is 6.20. The van der Waals surface area contributed by atoms with E-state index in [-0.39, 0.29) is 11.8 Å². The fourth-order valence-corrected chi connectivity index (χ4v) is 3.60. The maximum Gasteiger partial charge on any atom is 0.242 e. The smallest absolute Gasteiger partial charge is 0.242 e. The van der Waals surface area contributed by atoms with E-state index in [1.54, 1.807) is 35.7 Å². The average molecular weight is 405 g/mol. The number of amides is 2. The molecular formula is C21H25ClN2O2S. The van der Waals surface area contributed by atoms with Gasteiger partial charge in [-0.3, -0.25) is 9.59 Å². The summed E-state index contributed by atoms with van der Waals surface area (Å²) in [5, 5.41) is 3.44. The van der Waals surface area contributed by atoms with Crippen molar-refractivity contribution in [2.45, 2.75) is 32.2 Å². The molecule has 144 valence electrons. The Bertz CT molecular complexity index is 738. The Kier molecular flexibility index (Phi) is 8.69. The number of nitrogens with zero attached hydrogens (tertiary/aromatic N) is 1. The predicted molar refractivity (Wildman–Crippen MR) is 113 cm³/mol. The van der Waals surface area contributed by atoms with Crippen LogP contribution in [0.3, 0.4) is 0 Å². The van der Waals surface area contributed by atoms with Crippen molar-refractivity contribution in [1.29, 1.82) is 0 Å². The zero-order valence-electron chi connectivity index (χ0n) is 15.7. The third kappa shape index (κ3) is 6.92. The molecule has 0 aliphatic carbocycles. The zero-order chi connectivity index (χ0) is 19.6. The monoisotopic (exact) mass is 404 g/mol. The molecular weight excluding hydrogens is 380 g/mol. The van der Waals surface area contributed by atoms with Crippen LogP contribution in [-0.4, -0.2) is 35.1 Å². The molecule has 0 radical (unpaired) electrons. The molecule has 0 bridgehead atoms. The molecule has 0 heterocycles. The number of hydrogen-bond donors (Lipinski definition) is 1. The number of rotatable bonds is 9. The maximum atomic E-state index is 12.9. The molecule has 0 aromatic heterocycles. The van der Waals surface area contributed by atoms with Crippen LogP contribution in [0.4, 0.5) is 0 Å². The summed E-state index contributed by atoms with van der Waals surface area (Å²) < 4.78 is 0. The van der Waals surface area contributed by atoms with Gasteiger partial charge in [-0.05, 0) is 37.1 Å². The van der Waals surface area contributed by atoms with Gasteiger partial charge in [0.15, 0.2) is 0 Å². The summed E-state index contributed by atoms with van der Waals surface area (Å²) in [7, 11) is 0. The molecule has 0 aliphatic heterocycles. The van der Waals surface area contributed by atoms with E-state index in [0.717, 1.165) is 11.3 Å². The van der Waals surface area contributed by atoms with E-state index in [2.05, 4.69) is 5.32 Å². The van der Waals surface area contributed by atoms with E-state index in [9.17, 15) is 9.59 Å². The molecule has 1 atom stereocenters. The van der Waals surface area contributed by atoms with Gasteiger partial charge in [0.05, 0.1) is 5.75 Å². The van der Waals surface area contributed by atoms with Crippen LogP contribution < -0.4 is 5.32 Å². The minimum absolute atomic E-state index is 0.0513. The minimum Gasteiger partial charge on any atom is -0.355 e. The summed E-state index contributed by atoms with van der Waals surface area (Å²) in [6.45, 7) is 4.54. The quantitative estimate of drug-likeness (QED) is 0.683. The zero-order valence-corrected chi connectivity index (χ0v) is 17.2. The van der Waals surface area contributed by atoms with Crippen molar-refractivity contribution >= 4 is 35.2 Å². The number of likely N-dealkylation sites (N-methyl/N-ethyl adjacent to an activating group) is 1. The lowest BCUT2D eigenvalue weighted by Gasteiger charge is -2.28. The summed E-state index contributed by atoms with van der Waals surface area (Å²) in [6, 6.07) is 16.8. The second kappa shape index (κ2) is 11.0. The molecule has 2 rings (SSSR count). The summed E-state index contributed by atoms with van der Waals surface area (Å²) in [4.78, 5) is 26.8. The van der Waals surface area contributed by atoms with Crippen LogP contribution in [0.1, 0.15) is 25.0 Å². The highest BCUT2D eigenvalue weighted by molar-refractivity contribution is 7.99. The lowest BCUT2D eigenvalue weighted by atomic mass is 10.1. The molecule has 2 amide bonds. The van der Waals surface area contributed by atoms with E-state index in [1.807, 2.05) is 49.4 Å². The van der Waals surface area contributed by atoms with E-state index in [0.29, 0.717) is 23.9 Å². The Hall–Kier alpha value is -1.98. The predicted octanol–water partition coefficient (Wildman–Crippen LogP) is 4.13. The Morgan fingerprint density at radius 2 is 1.74 bits per heavy atom. The molecule has 0 spiro atoms. The minimum atomic E-state index is -0.537. The van der Waals surface area contributed by atoms with E-state index in [4.69, 9.17) is 11.6 Å². The second-order valence-corrected chi connectivity index (χ2v) is 7.62. The SMILES string of the molecule is CCNC(=O)[C@H](C)N(Cc1ccc(Cl)cc1)C(=O)CSCc1ccccc1. The van der Waals surface area contributed by atoms with Crippen LogP contribution in [-0.2, 0) is 21.9 Å². The third-order valence-electron chi connectivity index (χ3n) is 4.12. The highest BCUT2D eigenvalue weighted by atomic mass is 35.5. The third-order valence-corrected chi connectivity index (χ3v) is 5.36. The highest BCUT2D eigenvalue weighted by Gasteiger charge is 2.25. The highest BCUT2D eigenvalue weighted by Crippen LogP contribution is 2.17. The number of benzene rings is 2. The van der Waals surface area contributed by atoms with Crippen LogP contribution in [0.5, 0.6) is 0 Å². The number of thioether (sulfide) groups is 1. The molecule has 0 aliphatic rings. The first-order valence-corrected chi connectivity index (χ1v) is 10.5. The average Bonchev–Trinajstić information content (AvgIpc) is 2.68. The molecule has 2 aromatic carbocycles. The first-order chi connectivity index (χ1) is 13.0. The lowest BCUT2D eigenvalue weighted by molar-refractivity contribution is -0.138. The largest absolute Gasteiger partial charge is 0.355 e. The normalized spacial score (nSPS) is 11.7. The van der Waals surface area contributed by atoms with Crippen molar-refractivity contribution in [1.82, 2.24) is 10.2 Å². The molecule has 6 heteroatoms. The molecule has 0 saturated heterocycles. The van der Waals surface area contributed by atoms with Crippen molar-refractivity contribution in [3.8, 4) is 0 Å². The Morgan fingerprint density at radius 3 is 2.37 bits per heavy atom. The van der Waals surface area contributed by atoms with Gasteiger partial charge in [-0.25, -0.2) is 0 Å². The van der Waals surface area contributed by atoms with Crippen molar-refractivity contribution in [3.05, 3.63) is 70.7 Å². The van der Waals surface area contributed by atoms with Crippen molar-refractivity contribution in [2.24, 2.45) is 0 Å². The summed E-state index contributed by atoms with van der Waals surface area (Å²) in [5.74, 6) is 0.890. The van der Waals surface area contributed by atoms with Gasteiger partial charge in [0.2, 0.25) is 11.8 Å². The van der Waals surface area contributed by atoms with Gasteiger partial charge in [-0.2, -0.15) is 0 Å². The van der Waals surface area contributed by atoms with Crippen molar-refractivity contribution < 1.29 is 9.59 Å². The van der Waals surface area contributed by atoms with Crippen LogP contribution >= 0.6 is 23.4 Å². The van der Waals surface area contributed by atoms with Crippen LogP contribution in [0.2, 0.25) is 5.02 Å². The van der Waals surface area contributed by atoms with Gasteiger partial charge in [-0.15, -0.1) is 11.8 Å². The van der Waals surface area contributed by atoms with Gasteiger partial charge in [0, 0.05) is 23.9 Å². The van der Waals surface area contributed by atoms with Gasteiger partial charge < -0.3 is 10.2 Å². The molecule has 0 unspecified atom stereocenters. The molecule has 4 nitrogen and oxygen atoms in total. The van der Waals surface area contributed by atoms with E-state index in [1.165, 1.54) is 5.56 Å². The van der Waals surface area contributed by atoms with Gasteiger partial charge in [0.1, 0.15) is 6.04 Å². The van der Waals surface area contributed by atoms with Gasteiger partial charge >= 0.3 is 0 Å². The maximum absolute atomic E-state index is 12.9. The molecule has 27 heavy (non-hydrogen) atoms. The van der Waals surface area contributed by atoms with E-state index < -0.39 is 6.04 Å². The summed E-state index contributed by atoms with van der Waals surface area (Å²) in [5.41, 5.74) is 2.12. The number of carbonyl (C=O) groups is 2. The molecule has 0 saturated carbocycles. The van der Waals surface area contributed by atoms with Gasteiger partial charge in [0.25, 0.3) is 0 Å². The summed E-state index contributed by atoms with van der Waals surface area (Å²) in [6.07, 6.45) is 0. The Balaban J connectivity index is 2.03. The van der Waals surface area contributed by atoms with Crippen LogP contribution in [0.15, 0.2) is 54.6 Å². The number of nitrogens with one attached hydrogen (secondary N) is 1. The fourth-order valence-electron chi connectivity index (χ4n) is 2.60. The van der Waals surface area contributed by atoms with Crippen molar-refractivity contribution in [2.75, 3.05) is 12.3 Å². The fraction of sp³-hybridized carbons (Fsp3) is 0.333. The molecule has 1 N–H and O–H groups in total. The van der Waals surface area contributed by atoms with Gasteiger partial charge in [-0.1, -0.05) is 54.1 Å². The van der Waals surface area contributed by atoms with Crippen LogP contribution in [0.25, 0.3) is 0 Å². The van der Waals surface area contributed by atoms with Crippen LogP contribution in [0, 0.1) is 0 Å². The first-order valence-electron chi connectivity index (χ1n) is 8.94. The van der Waals surface area contributed by atoms with E-state index >= 15 is 0 Å². The van der Waals surface area contributed by atoms with Crippen molar-refractivity contribution in [3.63, 3.8) is 0 Å². The lowest BCUT2D eigenvalue weighted by Crippen LogP contribution is -2.48. The Labute approximate surface area is 170 Å². The Morgan fingerprint density at radius 1 is 1.07 bits per heavy atom. The topological polar surface area (TPSA) is 49.4 Å². The number of carbonyl (C=O) groups excluding carboxylic acids is 2. The standard InChI is InChI=1S/C21H25ClN2O2S/c1-3-23-21(26)16(2)24(13-17-9-11-19(22)12-10-17)20(25)15-27-14-18-7-5-4-6-8-18/h4-12,16H,3,13-15H2,1-2H3,(H,23,26)/t16-/m0/s1. The number of hydrogen-bond acceptors (Lipinski definition) is 3.